The molecule has 5 nitrogen and oxygen atoms in total. The van der Waals surface area contributed by atoms with Crippen LogP contribution >= 0.6 is 0 Å². The quantitative estimate of drug-likeness (QED) is 0.802. The molecule has 2 rings (SSSR count). The van der Waals surface area contributed by atoms with Gasteiger partial charge >= 0.3 is 0 Å². The van der Waals surface area contributed by atoms with Crippen LogP contribution in [0.25, 0.3) is 0 Å². The van der Waals surface area contributed by atoms with Gasteiger partial charge in [-0.2, -0.15) is 0 Å². The summed E-state index contributed by atoms with van der Waals surface area (Å²) >= 11 is 0. The predicted molar refractivity (Wildman–Crippen MR) is 61.6 cm³/mol. The van der Waals surface area contributed by atoms with Crippen LogP contribution in [0, 0.1) is 6.92 Å². The van der Waals surface area contributed by atoms with Gasteiger partial charge in [-0.05, 0) is 24.6 Å². The van der Waals surface area contributed by atoms with E-state index in [-0.39, 0.29) is 19.1 Å². The number of rotatable bonds is 3. The lowest BCUT2D eigenvalue weighted by Crippen LogP contribution is -2.27. The Kier molecular flexibility index (Phi) is 3.49. The number of hydrogen-bond donors (Lipinski definition) is 2. The topological polar surface area (TPSA) is 67.8 Å². The highest BCUT2D eigenvalue weighted by molar-refractivity contribution is 5.96. The highest BCUT2D eigenvalue weighted by Gasteiger charge is 2.17. The van der Waals surface area contributed by atoms with Crippen molar-refractivity contribution in [1.82, 2.24) is 5.32 Å². The van der Waals surface area contributed by atoms with E-state index in [1.807, 2.05) is 6.92 Å². The van der Waals surface area contributed by atoms with Crippen molar-refractivity contribution in [1.29, 1.82) is 0 Å². The maximum absolute atomic E-state index is 11.8. The number of carbonyl (C=O) groups excluding carboxylic acids is 1. The normalized spacial score (nSPS) is 13.3. The van der Waals surface area contributed by atoms with Crippen molar-refractivity contribution in [3.05, 3.63) is 23.3 Å². The molecule has 0 aromatic heterocycles. The predicted octanol–water partition coefficient (Wildman–Crippen LogP) is 0.488. The molecule has 1 heterocycles. The van der Waals surface area contributed by atoms with E-state index in [0.717, 1.165) is 5.56 Å². The van der Waals surface area contributed by atoms with Crippen LogP contribution in [0.5, 0.6) is 11.5 Å². The molecule has 2 N–H and O–H groups in total. The maximum atomic E-state index is 11.8. The van der Waals surface area contributed by atoms with Gasteiger partial charge in [0.05, 0.1) is 6.61 Å². The van der Waals surface area contributed by atoms with Gasteiger partial charge < -0.3 is 19.9 Å². The Balaban J connectivity index is 2.25. The smallest absolute Gasteiger partial charge is 0.251 e. The lowest BCUT2D eigenvalue weighted by molar-refractivity contribution is 0.0943. The van der Waals surface area contributed by atoms with Crippen LogP contribution in [-0.2, 0) is 0 Å². The molecule has 1 aliphatic heterocycles. The van der Waals surface area contributed by atoms with E-state index >= 15 is 0 Å². The SMILES string of the molecule is Cc1cc2c(cc1C(=O)NCCO)OCCO2. The highest BCUT2D eigenvalue weighted by Crippen LogP contribution is 2.32. The van der Waals surface area contributed by atoms with E-state index in [1.165, 1.54) is 0 Å². The van der Waals surface area contributed by atoms with Gasteiger partial charge in [0.25, 0.3) is 5.91 Å². The summed E-state index contributed by atoms with van der Waals surface area (Å²) in [6, 6.07) is 3.47. The second kappa shape index (κ2) is 5.05. The van der Waals surface area contributed by atoms with Gasteiger partial charge in [-0.1, -0.05) is 0 Å². The molecule has 92 valence electrons. The minimum atomic E-state index is -0.214. The van der Waals surface area contributed by atoms with E-state index in [2.05, 4.69) is 5.32 Å². The lowest BCUT2D eigenvalue weighted by atomic mass is 10.1. The van der Waals surface area contributed by atoms with Gasteiger partial charge in [-0.15, -0.1) is 0 Å². The van der Waals surface area contributed by atoms with E-state index in [4.69, 9.17) is 14.6 Å². The van der Waals surface area contributed by atoms with E-state index in [1.54, 1.807) is 12.1 Å². The first-order valence-corrected chi connectivity index (χ1v) is 5.51. The van der Waals surface area contributed by atoms with Gasteiger partial charge in [0, 0.05) is 12.1 Å². The average Bonchev–Trinajstić information content (AvgIpc) is 2.35. The molecule has 0 bridgehead atoms. The van der Waals surface area contributed by atoms with Crippen LogP contribution in [-0.4, -0.2) is 37.4 Å². The third-order valence-corrected chi connectivity index (χ3v) is 2.53. The second-order valence-electron chi connectivity index (χ2n) is 3.79. The fraction of sp³-hybridized carbons (Fsp3) is 0.417. The Hall–Kier alpha value is -1.75. The van der Waals surface area contributed by atoms with Gasteiger partial charge in [0.1, 0.15) is 13.2 Å². The van der Waals surface area contributed by atoms with Crippen LogP contribution in [0.1, 0.15) is 15.9 Å². The second-order valence-corrected chi connectivity index (χ2v) is 3.79. The molecule has 1 aliphatic rings. The molecule has 17 heavy (non-hydrogen) atoms. The standard InChI is InChI=1S/C12H15NO4/c1-8-6-10-11(17-5-4-16-10)7-9(8)12(15)13-2-3-14/h6-7,14H,2-5H2,1H3,(H,13,15). The van der Waals surface area contributed by atoms with Gasteiger partial charge in [-0.3, -0.25) is 4.79 Å². The number of aliphatic hydroxyl groups is 1. The van der Waals surface area contributed by atoms with Crippen molar-refractivity contribution < 1.29 is 19.4 Å². The summed E-state index contributed by atoms with van der Waals surface area (Å²) in [7, 11) is 0. The fourth-order valence-electron chi connectivity index (χ4n) is 1.70. The van der Waals surface area contributed by atoms with Crippen LogP contribution in [0.15, 0.2) is 12.1 Å². The lowest BCUT2D eigenvalue weighted by Gasteiger charge is -2.20. The highest BCUT2D eigenvalue weighted by atomic mass is 16.6. The third-order valence-electron chi connectivity index (χ3n) is 2.53. The Morgan fingerprint density at radius 1 is 1.35 bits per heavy atom. The summed E-state index contributed by atoms with van der Waals surface area (Å²) in [5.41, 5.74) is 1.37. The van der Waals surface area contributed by atoms with Crippen molar-refractivity contribution >= 4 is 5.91 Å². The number of fused-ring (bicyclic) bond motifs is 1. The molecule has 0 fully saturated rings. The Morgan fingerprint density at radius 3 is 2.65 bits per heavy atom. The molecule has 0 spiro atoms. The molecule has 1 aromatic rings. The number of hydrogen-bond acceptors (Lipinski definition) is 4. The number of amides is 1. The molecule has 5 heteroatoms. The zero-order chi connectivity index (χ0) is 12.3. The molecule has 1 aromatic carbocycles. The number of carbonyl (C=O) groups is 1. The molecule has 0 atom stereocenters. The van der Waals surface area contributed by atoms with E-state index < -0.39 is 0 Å². The number of aliphatic hydroxyl groups excluding tert-OH is 1. The van der Waals surface area contributed by atoms with Crippen LogP contribution < -0.4 is 14.8 Å². The number of ether oxygens (including phenoxy) is 2. The summed E-state index contributed by atoms with van der Waals surface area (Å²) in [4.78, 5) is 11.8. The van der Waals surface area contributed by atoms with Gasteiger partial charge in [0.15, 0.2) is 11.5 Å². The monoisotopic (exact) mass is 237 g/mol. The van der Waals surface area contributed by atoms with Crippen molar-refractivity contribution in [2.24, 2.45) is 0 Å². The van der Waals surface area contributed by atoms with E-state index in [9.17, 15) is 4.79 Å². The Labute approximate surface area is 99.3 Å². The minimum Gasteiger partial charge on any atom is -0.486 e. The summed E-state index contributed by atoms with van der Waals surface area (Å²) in [5.74, 6) is 1.05. The van der Waals surface area contributed by atoms with Crippen LogP contribution in [0.2, 0.25) is 0 Å². The zero-order valence-corrected chi connectivity index (χ0v) is 9.66. The van der Waals surface area contributed by atoms with Crippen molar-refractivity contribution in [2.75, 3.05) is 26.4 Å². The van der Waals surface area contributed by atoms with Gasteiger partial charge in [0.2, 0.25) is 0 Å². The average molecular weight is 237 g/mol. The van der Waals surface area contributed by atoms with Crippen molar-refractivity contribution in [3.8, 4) is 11.5 Å². The maximum Gasteiger partial charge on any atom is 0.251 e. The number of benzene rings is 1. The largest absolute Gasteiger partial charge is 0.486 e. The fourth-order valence-corrected chi connectivity index (χ4v) is 1.70. The molecule has 1 amide bonds. The van der Waals surface area contributed by atoms with Crippen LogP contribution in [0.4, 0.5) is 0 Å². The molecule has 0 saturated heterocycles. The first-order chi connectivity index (χ1) is 8.22. The molecular weight excluding hydrogens is 222 g/mol. The summed E-state index contributed by atoms with van der Waals surface area (Å²) in [6.07, 6.45) is 0. The van der Waals surface area contributed by atoms with Crippen LogP contribution in [0.3, 0.4) is 0 Å². The zero-order valence-electron chi connectivity index (χ0n) is 9.66. The van der Waals surface area contributed by atoms with Gasteiger partial charge in [-0.25, -0.2) is 0 Å². The number of aryl methyl sites for hydroxylation is 1. The molecule has 0 saturated carbocycles. The summed E-state index contributed by atoms with van der Waals surface area (Å²) in [5, 5.41) is 11.3. The van der Waals surface area contributed by atoms with Crippen molar-refractivity contribution in [2.45, 2.75) is 6.92 Å². The molecular formula is C12H15NO4. The molecule has 0 aliphatic carbocycles. The summed E-state index contributed by atoms with van der Waals surface area (Å²) < 4.78 is 10.8. The molecule has 0 unspecified atom stereocenters. The Bertz CT molecular complexity index is 431. The first-order valence-electron chi connectivity index (χ1n) is 5.51. The molecule has 0 radical (unpaired) electrons. The minimum absolute atomic E-state index is 0.0741. The number of nitrogens with one attached hydrogen (secondary N) is 1. The Morgan fingerprint density at radius 2 is 2.00 bits per heavy atom. The van der Waals surface area contributed by atoms with Crippen molar-refractivity contribution in [3.63, 3.8) is 0 Å². The third kappa shape index (κ3) is 2.50. The van der Waals surface area contributed by atoms with E-state index in [0.29, 0.717) is 30.3 Å². The summed E-state index contributed by atoms with van der Waals surface area (Å²) in [6.45, 7) is 3.03. The first kappa shape index (κ1) is 11.7.